The molecule has 146 valence electrons. The van der Waals surface area contributed by atoms with E-state index in [1.54, 1.807) is 5.38 Å². The molecule has 1 heterocycles. The van der Waals surface area contributed by atoms with Crippen LogP contribution in [0.3, 0.4) is 0 Å². The SMILES string of the molecule is Cc1ccc(C)c(OCCOc2ccc(-c3nc(CC(=O)O)cs3)cc2)c1C. The van der Waals surface area contributed by atoms with Gasteiger partial charge >= 0.3 is 5.97 Å². The lowest BCUT2D eigenvalue weighted by Gasteiger charge is -2.14. The van der Waals surface area contributed by atoms with Crippen molar-refractivity contribution in [2.24, 2.45) is 0 Å². The van der Waals surface area contributed by atoms with E-state index in [1.165, 1.54) is 16.9 Å². The van der Waals surface area contributed by atoms with Crippen LogP contribution in [0.25, 0.3) is 10.6 Å². The second kappa shape index (κ2) is 8.89. The molecule has 0 unspecified atom stereocenters. The van der Waals surface area contributed by atoms with Gasteiger partial charge in [-0.3, -0.25) is 4.79 Å². The minimum absolute atomic E-state index is 0.0580. The minimum atomic E-state index is -0.876. The Kier molecular flexibility index (Phi) is 6.31. The van der Waals surface area contributed by atoms with Crippen molar-refractivity contribution in [2.75, 3.05) is 13.2 Å². The predicted octanol–water partition coefficient (Wildman–Crippen LogP) is 4.82. The van der Waals surface area contributed by atoms with E-state index < -0.39 is 5.97 Å². The number of benzene rings is 2. The standard InChI is InChI=1S/C22H23NO4S/c1-14-4-5-15(2)21(16(14)3)27-11-10-26-19-8-6-17(7-9-19)22-23-18(13-28-22)12-20(24)25/h4-9,13H,10-12H2,1-3H3,(H,24,25). The molecule has 0 bridgehead atoms. The second-order valence-electron chi connectivity index (χ2n) is 6.59. The zero-order valence-corrected chi connectivity index (χ0v) is 17.0. The van der Waals surface area contributed by atoms with Gasteiger partial charge in [-0.15, -0.1) is 11.3 Å². The molecule has 0 atom stereocenters. The van der Waals surface area contributed by atoms with Crippen LogP contribution in [0.4, 0.5) is 0 Å². The van der Waals surface area contributed by atoms with Crippen molar-refractivity contribution in [1.29, 1.82) is 0 Å². The van der Waals surface area contributed by atoms with Crippen LogP contribution >= 0.6 is 11.3 Å². The summed E-state index contributed by atoms with van der Waals surface area (Å²) in [6.45, 7) is 7.11. The molecule has 1 aromatic heterocycles. The zero-order valence-electron chi connectivity index (χ0n) is 16.2. The van der Waals surface area contributed by atoms with Gasteiger partial charge < -0.3 is 14.6 Å². The number of aliphatic carboxylic acids is 1. The lowest BCUT2D eigenvalue weighted by atomic mass is 10.1. The third-order valence-electron chi connectivity index (χ3n) is 4.46. The molecule has 0 spiro atoms. The fraction of sp³-hybridized carbons (Fsp3) is 0.273. The Bertz CT molecular complexity index is 963. The van der Waals surface area contributed by atoms with Gasteiger partial charge in [0.2, 0.25) is 0 Å². The van der Waals surface area contributed by atoms with E-state index in [0.717, 1.165) is 33.2 Å². The highest BCUT2D eigenvalue weighted by atomic mass is 32.1. The Morgan fingerprint density at radius 1 is 1.00 bits per heavy atom. The Morgan fingerprint density at radius 2 is 1.68 bits per heavy atom. The minimum Gasteiger partial charge on any atom is -0.490 e. The molecule has 6 heteroatoms. The fourth-order valence-electron chi connectivity index (χ4n) is 2.82. The van der Waals surface area contributed by atoms with Crippen molar-refractivity contribution in [1.82, 2.24) is 4.98 Å². The van der Waals surface area contributed by atoms with Gasteiger partial charge in [-0.25, -0.2) is 4.98 Å². The lowest BCUT2D eigenvalue weighted by molar-refractivity contribution is -0.136. The Labute approximate surface area is 168 Å². The van der Waals surface area contributed by atoms with Gasteiger partial charge in [0.25, 0.3) is 0 Å². The summed E-state index contributed by atoms with van der Waals surface area (Å²) in [5, 5.41) is 11.4. The van der Waals surface area contributed by atoms with Crippen molar-refractivity contribution >= 4 is 17.3 Å². The molecule has 3 aromatic rings. The number of carboxylic acid groups (broad SMARTS) is 1. The molecular weight excluding hydrogens is 374 g/mol. The Balaban J connectivity index is 1.53. The maximum atomic E-state index is 10.8. The summed E-state index contributed by atoms with van der Waals surface area (Å²) in [7, 11) is 0. The first kappa shape index (κ1) is 19.9. The normalized spacial score (nSPS) is 10.7. The molecule has 0 saturated carbocycles. The maximum absolute atomic E-state index is 10.8. The molecule has 1 N–H and O–H groups in total. The van der Waals surface area contributed by atoms with Crippen molar-refractivity contribution < 1.29 is 19.4 Å². The topological polar surface area (TPSA) is 68.7 Å². The number of nitrogens with zero attached hydrogens (tertiary/aromatic N) is 1. The van der Waals surface area contributed by atoms with E-state index in [1.807, 2.05) is 31.2 Å². The summed E-state index contributed by atoms with van der Waals surface area (Å²) >= 11 is 1.44. The molecule has 0 aliphatic heterocycles. The van der Waals surface area contributed by atoms with Gasteiger partial charge in [0.05, 0.1) is 12.1 Å². The van der Waals surface area contributed by atoms with Gasteiger partial charge in [0.15, 0.2) is 0 Å². The highest BCUT2D eigenvalue weighted by Crippen LogP contribution is 2.27. The molecule has 3 rings (SSSR count). The summed E-state index contributed by atoms with van der Waals surface area (Å²) in [5.74, 6) is 0.811. The van der Waals surface area contributed by atoms with E-state index in [2.05, 4.69) is 31.0 Å². The van der Waals surface area contributed by atoms with Gasteiger partial charge in [-0.05, 0) is 61.7 Å². The molecule has 2 aromatic carbocycles. The number of aryl methyl sites for hydroxylation is 2. The molecular formula is C22H23NO4S. The van der Waals surface area contributed by atoms with Crippen LogP contribution < -0.4 is 9.47 Å². The van der Waals surface area contributed by atoms with Crippen molar-refractivity contribution in [3.63, 3.8) is 0 Å². The van der Waals surface area contributed by atoms with Crippen LogP contribution in [0, 0.1) is 20.8 Å². The van der Waals surface area contributed by atoms with Gasteiger partial charge in [-0.2, -0.15) is 0 Å². The second-order valence-corrected chi connectivity index (χ2v) is 7.45. The smallest absolute Gasteiger partial charge is 0.309 e. The first-order valence-electron chi connectivity index (χ1n) is 9.03. The van der Waals surface area contributed by atoms with Crippen LogP contribution in [-0.2, 0) is 11.2 Å². The van der Waals surface area contributed by atoms with Crippen LogP contribution in [-0.4, -0.2) is 29.3 Å². The lowest BCUT2D eigenvalue weighted by Crippen LogP contribution is -2.10. The van der Waals surface area contributed by atoms with E-state index in [4.69, 9.17) is 14.6 Å². The van der Waals surface area contributed by atoms with E-state index in [9.17, 15) is 4.79 Å². The number of hydrogen-bond acceptors (Lipinski definition) is 5. The first-order chi connectivity index (χ1) is 13.4. The molecule has 28 heavy (non-hydrogen) atoms. The Hall–Kier alpha value is -2.86. The molecule has 0 radical (unpaired) electrons. The maximum Gasteiger partial charge on any atom is 0.309 e. The highest BCUT2D eigenvalue weighted by molar-refractivity contribution is 7.13. The van der Waals surface area contributed by atoms with Gasteiger partial charge in [-0.1, -0.05) is 12.1 Å². The van der Waals surface area contributed by atoms with Crippen molar-refractivity contribution in [3.8, 4) is 22.1 Å². The monoisotopic (exact) mass is 397 g/mol. The number of hydrogen-bond donors (Lipinski definition) is 1. The van der Waals surface area contributed by atoms with E-state index in [0.29, 0.717) is 18.9 Å². The third-order valence-corrected chi connectivity index (χ3v) is 5.40. The summed E-state index contributed by atoms with van der Waals surface area (Å²) in [6, 6.07) is 11.8. The van der Waals surface area contributed by atoms with Gasteiger partial charge in [0.1, 0.15) is 29.7 Å². The average Bonchev–Trinajstić information content (AvgIpc) is 3.12. The molecule has 5 nitrogen and oxygen atoms in total. The summed E-state index contributed by atoms with van der Waals surface area (Å²) in [6.07, 6.45) is -0.0580. The third kappa shape index (κ3) is 4.89. The number of aromatic nitrogens is 1. The van der Waals surface area contributed by atoms with E-state index in [-0.39, 0.29) is 6.42 Å². The number of carbonyl (C=O) groups is 1. The van der Waals surface area contributed by atoms with Crippen LogP contribution in [0.5, 0.6) is 11.5 Å². The largest absolute Gasteiger partial charge is 0.490 e. The van der Waals surface area contributed by atoms with Crippen molar-refractivity contribution in [3.05, 3.63) is 64.2 Å². The molecule has 0 aliphatic rings. The summed E-state index contributed by atoms with van der Waals surface area (Å²) in [5.41, 5.74) is 5.02. The van der Waals surface area contributed by atoms with E-state index >= 15 is 0 Å². The summed E-state index contributed by atoms with van der Waals surface area (Å²) in [4.78, 5) is 15.1. The molecule has 0 aliphatic carbocycles. The van der Waals surface area contributed by atoms with Crippen LogP contribution in [0.1, 0.15) is 22.4 Å². The van der Waals surface area contributed by atoms with Crippen LogP contribution in [0.15, 0.2) is 41.8 Å². The number of ether oxygens (including phenoxy) is 2. The number of rotatable bonds is 8. The Morgan fingerprint density at radius 3 is 2.39 bits per heavy atom. The van der Waals surface area contributed by atoms with Gasteiger partial charge in [0, 0.05) is 10.9 Å². The number of carboxylic acids is 1. The van der Waals surface area contributed by atoms with Crippen molar-refractivity contribution in [2.45, 2.75) is 27.2 Å². The quantitative estimate of drug-likeness (QED) is 0.552. The zero-order chi connectivity index (χ0) is 20.1. The molecule has 0 saturated heterocycles. The predicted molar refractivity (Wildman–Crippen MR) is 111 cm³/mol. The molecule has 0 amide bonds. The van der Waals surface area contributed by atoms with Crippen LogP contribution in [0.2, 0.25) is 0 Å². The average molecular weight is 397 g/mol. The molecule has 0 fully saturated rings. The highest BCUT2D eigenvalue weighted by Gasteiger charge is 2.09. The fourth-order valence-corrected chi connectivity index (χ4v) is 3.65. The summed E-state index contributed by atoms with van der Waals surface area (Å²) < 4.78 is 11.7. The number of thiazole rings is 1. The first-order valence-corrected chi connectivity index (χ1v) is 9.91.